The van der Waals surface area contributed by atoms with Gasteiger partial charge in [0.1, 0.15) is 0 Å². The Morgan fingerprint density at radius 1 is 1.53 bits per heavy atom. The molecule has 1 aliphatic rings. The van der Waals surface area contributed by atoms with Gasteiger partial charge in [0.15, 0.2) is 0 Å². The highest BCUT2D eigenvalue weighted by molar-refractivity contribution is 14.1. The number of hydrogen-bond acceptors (Lipinski definition) is 4. The van der Waals surface area contributed by atoms with Crippen molar-refractivity contribution in [1.29, 1.82) is 0 Å². The van der Waals surface area contributed by atoms with Crippen molar-refractivity contribution in [3.8, 4) is 0 Å². The second-order valence-electron chi connectivity index (χ2n) is 3.94. The van der Waals surface area contributed by atoms with E-state index in [1.54, 1.807) is 0 Å². The molecule has 1 fully saturated rings. The number of aromatic nitrogens is 2. The zero-order chi connectivity index (χ0) is 10.8. The molecule has 1 aromatic heterocycles. The molecule has 0 bridgehead atoms. The number of nitrogens with zero attached hydrogens (tertiary/aromatic N) is 3. The third kappa shape index (κ3) is 2.57. The molecule has 0 saturated carbocycles. The molecule has 0 spiro atoms. The highest BCUT2D eigenvalue weighted by atomic mass is 127. The van der Waals surface area contributed by atoms with Crippen molar-refractivity contribution < 1.29 is 5.11 Å². The number of aliphatic hydroxyl groups excluding tert-OH is 1. The maximum absolute atomic E-state index is 9.49. The summed E-state index contributed by atoms with van der Waals surface area (Å²) in [6, 6.07) is 0. The van der Waals surface area contributed by atoms with E-state index >= 15 is 0 Å². The van der Waals surface area contributed by atoms with E-state index in [0.29, 0.717) is 5.92 Å². The number of rotatable bonds is 2. The van der Waals surface area contributed by atoms with Crippen LogP contribution in [0, 0.1) is 9.49 Å². The maximum Gasteiger partial charge on any atom is 0.225 e. The first-order valence-electron chi connectivity index (χ1n) is 5.07. The summed E-state index contributed by atoms with van der Waals surface area (Å²) in [5.74, 6) is 1.13. The average Bonchev–Trinajstić information content (AvgIpc) is 2.68. The van der Waals surface area contributed by atoms with Gasteiger partial charge in [0.05, 0.1) is 6.10 Å². The molecule has 0 amide bonds. The van der Waals surface area contributed by atoms with Crippen LogP contribution >= 0.6 is 22.6 Å². The molecule has 1 N–H and O–H groups in total. The van der Waals surface area contributed by atoms with Crippen LogP contribution in [0.4, 0.5) is 5.95 Å². The standard InChI is InChI=1S/C10H14IN3O/c1-7(15)8-2-3-14(6-8)10-12-4-9(11)5-13-10/h4-5,7-8,15H,2-3,6H2,1H3. The van der Waals surface area contributed by atoms with Crippen molar-refractivity contribution in [2.45, 2.75) is 19.4 Å². The highest BCUT2D eigenvalue weighted by Gasteiger charge is 2.27. The van der Waals surface area contributed by atoms with E-state index in [-0.39, 0.29) is 6.10 Å². The minimum atomic E-state index is -0.237. The van der Waals surface area contributed by atoms with Crippen LogP contribution in [0.1, 0.15) is 13.3 Å². The molecule has 1 aromatic rings. The predicted molar refractivity (Wildman–Crippen MR) is 66.7 cm³/mol. The Kier molecular flexibility index (Phi) is 3.40. The Morgan fingerprint density at radius 2 is 2.20 bits per heavy atom. The average molecular weight is 319 g/mol. The minimum absolute atomic E-state index is 0.237. The first-order valence-corrected chi connectivity index (χ1v) is 6.15. The second-order valence-corrected chi connectivity index (χ2v) is 5.18. The lowest BCUT2D eigenvalue weighted by atomic mass is 10.0. The lowest BCUT2D eigenvalue weighted by Crippen LogP contribution is -2.25. The van der Waals surface area contributed by atoms with Crippen LogP contribution in [0.5, 0.6) is 0 Å². The Bertz CT molecular complexity index is 328. The van der Waals surface area contributed by atoms with Crippen LogP contribution in [0.25, 0.3) is 0 Å². The second kappa shape index (κ2) is 4.61. The van der Waals surface area contributed by atoms with Crippen LogP contribution < -0.4 is 4.90 Å². The van der Waals surface area contributed by atoms with Crippen LogP contribution in [0.2, 0.25) is 0 Å². The number of halogens is 1. The van der Waals surface area contributed by atoms with E-state index in [4.69, 9.17) is 0 Å². The fourth-order valence-electron chi connectivity index (χ4n) is 1.83. The molecule has 82 valence electrons. The summed E-state index contributed by atoms with van der Waals surface area (Å²) in [5, 5.41) is 9.49. The van der Waals surface area contributed by atoms with E-state index in [9.17, 15) is 5.11 Å². The van der Waals surface area contributed by atoms with Gasteiger partial charge in [-0.15, -0.1) is 0 Å². The molecule has 0 aromatic carbocycles. The molecule has 4 nitrogen and oxygen atoms in total. The molecule has 1 aliphatic heterocycles. The Balaban J connectivity index is 2.04. The van der Waals surface area contributed by atoms with E-state index in [2.05, 4.69) is 37.5 Å². The zero-order valence-corrected chi connectivity index (χ0v) is 10.8. The van der Waals surface area contributed by atoms with Crippen LogP contribution in [-0.2, 0) is 0 Å². The number of anilines is 1. The summed E-state index contributed by atoms with van der Waals surface area (Å²) in [4.78, 5) is 10.7. The Morgan fingerprint density at radius 3 is 2.73 bits per heavy atom. The summed E-state index contributed by atoms with van der Waals surface area (Å²) in [6.45, 7) is 3.65. The molecule has 2 rings (SSSR count). The van der Waals surface area contributed by atoms with Gasteiger partial charge in [0.25, 0.3) is 0 Å². The van der Waals surface area contributed by atoms with E-state index < -0.39 is 0 Å². The van der Waals surface area contributed by atoms with Crippen molar-refractivity contribution in [2.24, 2.45) is 5.92 Å². The molecule has 5 heteroatoms. The van der Waals surface area contributed by atoms with Gasteiger partial charge in [-0.05, 0) is 35.9 Å². The lowest BCUT2D eigenvalue weighted by Gasteiger charge is -2.17. The quantitative estimate of drug-likeness (QED) is 0.835. The molecule has 2 heterocycles. The molecule has 2 atom stereocenters. The SMILES string of the molecule is CC(O)C1CCN(c2ncc(I)cn2)C1. The van der Waals surface area contributed by atoms with Gasteiger partial charge in [0, 0.05) is 35.0 Å². The molecule has 0 radical (unpaired) electrons. The van der Waals surface area contributed by atoms with E-state index in [0.717, 1.165) is 29.0 Å². The largest absolute Gasteiger partial charge is 0.393 e. The lowest BCUT2D eigenvalue weighted by molar-refractivity contribution is 0.136. The third-order valence-corrected chi connectivity index (χ3v) is 3.35. The third-order valence-electron chi connectivity index (χ3n) is 2.80. The van der Waals surface area contributed by atoms with E-state index in [1.807, 2.05) is 19.3 Å². The fraction of sp³-hybridized carbons (Fsp3) is 0.600. The Labute approximate surface area is 103 Å². The van der Waals surface area contributed by atoms with Gasteiger partial charge in [-0.3, -0.25) is 0 Å². The predicted octanol–water partition coefficient (Wildman–Crippen LogP) is 1.29. The molecule has 0 aliphatic carbocycles. The smallest absolute Gasteiger partial charge is 0.225 e. The molecule has 2 unspecified atom stereocenters. The van der Waals surface area contributed by atoms with Crippen molar-refractivity contribution >= 4 is 28.5 Å². The van der Waals surface area contributed by atoms with Crippen LogP contribution in [0.3, 0.4) is 0 Å². The topological polar surface area (TPSA) is 49.2 Å². The summed E-state index contributed by atoms with van der Waals surface area (Å²) < 4.78 is 1.04. The van der Waals surface area contributed by atoms with Crippen LogP contribution in [-0.4, -0.2) is 34.3 Å². The summed E-state index contributed by atoms with van der Waals surface area (Å²) in [5.41, 5.74) is 0. The molecule has 1 saturated heterocycles. The van der Waals surface area contributed by atoms with Crippen molar-refractivity contribution in [2.75, 3.05) is 18.0 Å². The molecule has 15 heavy (non-hydrogen) atoms. The number of aliphatic hydroxyl groups is 1. The monoisotopic (exact) mass is 319 g/mol. The van der Waals surface area contributed by atoms with Crippen molar-refractivity contribution in [1.82, 2.24) is 9.97 Å². The van der Waals surface area contributed by atoms with E-state index in [1.165, 1.54) is 0 Å². The van der Waals surface area contributed by atoms with Gasteiger partial charge in [-0.1, -0.05) is 0 Å². The van der Waals surface area contributed by atoms with Crippen molar-refractivity contribution in [3.63, 3.8) is 0 Å². The van der Waals surface area contributed by atoms with Gasteiger partial charge in [0.2, 0.25) is 5.95 Å². The summed E-state index contributed by atoms with van der Waals surface area (Å²) >= 11 is 2.19. The Hall–Kier alpha value is -0.430. The summed E-state index contributed by atoms with van der Waals surface area (Å²) in [7, 11) is 0. The van der Waals surface area contributed by atoms with Crippen molar-refractivity contribution in [3.05, 3.63) is 16.0 Å². The van der Waals surface area contributed by atoms with Gasteiger partial charge in [-0.25, -0.2) is 9.97 Å². The minimum Gasteiger partial charge on any atom is -0.393 e. The number of hydrogen-bond donors (Lipinski definition) is 1. The van der Waals surface area contributed by atoms with Crippen LogP contribution in [0.15, 0.2) is 12.4 Å². The first-order chi connectivity index (χ1) is 7.16. The molecular formula is C10H14IN3O. The highest BCUT2D eigenvalue weighted by Crippen LogP contribution is 2.22. The maximum atomic E-state index is 9.49. The normalized spacial score (nSPS) is 23.1. The first kappa shape index (κ1) is 11.1. The zero-order valence-electron chi connectivity index (χ0n) is 8.60. The van der Waals surface area contributed by atoms with Gasteiger partial charge in [-0.2, -0.15) is 0 Å². The van der Waals surface area contributed by atoms with Gasteiger partial charge < -0.3 is 10.0 Å². The van der Waals surface area contributed by atoms with Gasteiger partial charge >= 0.3 is 0 Å². The summed E-state index contributed by atoms with van der Waals surface area (Å²) in [6.07, 6.45) is 4.42. The fourth-order valence-corrected chi connectivity index (χ4v) is 2.11. The molecular weight excluding hydrogens is 305 g/mol.